The van der Waals surface area contributed by atoms with Gasteiger partial charge in [-0.3, -0.25) is 9.59 Å². The molecule has 3 rings (SSSR count). The lowest BCUT2D eigenvalue weighted by Crippen LogP contribution is -2.51. The van der Waals surface area contributed by atoms with Gasteiger partial charge in [0.1, 0.15) is 11.5 Å². The highest BCUT2D eigenvalue weighted by Crippen LogP contribution is 2.24. The SMILES string of the molecule is COc1cc(OC)cc(C(=O)N2CCN(C(=O)Cc3ccccc3C)CC2)c1. The molecule has 1 saturated heterocycles. The van der Waals surface area contributed by atoms with Crippen LogP contribution in [0.2, 0.25) is 0 Å². The Labute approximate surface area is 165 Å². The Kier molecular flexibility index (Phi) is 6.19. The van der Waals surface area contributed by atoms with Crippen molar-refractivity contribution in [2.45, 2.75) is 13.3 Å². The molecule has 0 spiro atoms. The van der Waals surface area contributed by atoms with E-state index in [1.165, 1.54) is 0 Å². The Bertz CT molecular complexity index is 835. The summed E-state index contributed by atoms with van der Waals surface area (Å²) >= 11 is 0. The Morgan fingerprint density at radius 2 is 1.46 bits per heavy atom. The molecule has 0 aromatic heterocycles. The summed E-state index contributed by atoms with van der Waals surface area (Å²) in [6.07, 6.45) is 0.397. The summed E-state index contributed by atoms with van der Waals surface area (Å²) < 4.78 is 10.5. The molecule has 148 valence electrons. The topological polar surface area (TPSA) is 59.1 Å². The minimum atomic E-state index is -0.0804. The van der Waals surface area contributed by atoms with Crippen molar-refractivity contribution in [3.8, 4) is 11.5 Å². The van der Waals surface area contributed by atoms with Crippen LogP contribution >= 0.6 is 0 Å². The largest absolute Gasteiger partial charge is 0.497 e. The van der Waals surface area contributed by atoms with Gasteiger partial charge in [0.15, 0.2) is 0 Å². The molecule has 6 heteroatoms. The van der Waals surface area contributed by atoms with Crippen molar-refractivity contribution in [1.29, 1.82) is 0 Å². The first-order valence-electron chi connectivity index (χ1n) is 9.36. The molecule has 1 aliphatic rings. The van der Waals surface area contributed by atoms with Crippen molar-refractivity contribution in [3.63, 3.8) is 0 Å². The highest BCUT2D eigenvalue weighted by molar-refractivity contribution is 5.95. The summed E-state index contributed by atoms with van der Waals surface area (Å²) in [6, 6.07) is 13.1. The predicted molar refractivity (Wildman–Crippen MR) is 107 cm³/mol. The molecule has 2 aromatic carbocycles. The lowest BCUT2D eigenvalue weighted by atomic mass is 10.1. The molecule has 6 nitrogen and oxygen atoms in total. The Morgan fingerprint density at radius 1 is 0.893 bits per heavy atom. The van der Waals surface area contributed by atoms with Gasteiger partial charge in [0, 0.05) is 37.8 Å². The molecule has 0 saturated carbocycles. The maximum Gasteiger partial charge on any atom is 0.254 e. The van der Waals surface area contributed by atoms with Gasteiger partial charge in [0.05, 0.1) is 20.6 Å². The second kappa shape index (κ2) is 8.78. The van der Waals surface area contributed by atoms with E-state index in [1.54, 1.807) is 37.3 Å². The number of piperazine rings is 1. The second-order valence-corrected chi connectivity index (χ2v) is 6.88. The maximum absolute atomic E-state index is 12.9. The zero-order valence-corrected chi connectivity index (χ0v) is 16.6. The quantitative estimate of drug-likeness (QED) is 0.797. The lowest BCUT2D eigenvalue weighted by molar-refractivity contribution is -0.131. The van der Waals surface area contributed by atoms with Gasteiger partial charge in [-0.15, -0.1) is 0 Å². The third kappa shape index (κ3) is 4.44. The van der Waals surface area contributed by atoms with Crippen LogP contribution in [-0.4, -0.2) is 62.0 Å². The molecular formula is C22H26N2O4. The summed E-state index contributed by atoms with van der Waals surface area (Å²) in [7, 11) is 3.11. The average molecular weight is 382 g/mol. The summed E-state index contributed by atoms with van der Waals surface area (Å²) in [5, 5.41) is 0. The van der Waals surface area contributed by atoms with Gasteiger partial charge in [-0.1, -0.05) is 24.3 Å². The number of nitrogens with zero attached hydrogens (tertiary/aromatic N) is 2. The van der Waals surface area contributed by atoms with Gasteiger partial charge >= 0.3 is 0 Å². The van der Waals surface area contributed by atoms with Crippen molar-refractivity contribution in [3.05, 3.63) is 59.2 Å². The fourth-order valence-corrected chi connectivity index (χ4v) is 3.36. The first-order valence-corrected chi connectivity index (χ1v) is 9.36. The number of rotatable bonds is 5. The van der Waals surface area contributed by atoms with Gasteiger partial charge in [0.2, 0.25) is 5.91 Å². The van der Waals surface area contributed by atoms with E-state index < -0.39 is 0 Å². The summed E-state index contributed by atoms with van der Waals surface area (Å²) in [5.41, 5.74) is 2.70. The van der Waals surface area contributed by atoms with E-state index in [0.717, 1.165) is 11.1 Å². The molecular weight excluding hydrogens is 356 g/mol. The third-order valence-electron chi connectivity index (χ3n) is 5.12. The van der Waals surface area contributed by atoms with Crippen LogP contribution in [-0.2, 0) is 11.2 Å². The number of hydrogen-bond donors (Lipinski definition) is 0. The normalized spacial score (nSPS) is 14.0. The first-order chi connectivity index (χ1) is 13.5. The Balaban J connectivity index is 1.61. The van der Waals surface area contributed by atoms with Crippen LogP contribution in [0.4, 0.5) is 0 Å². The van der Waals surface area contributed by atoms with Crippen molar-refractivity contribution >= 4 is 11.8 Å². The molecule has 2 amide bonds. The van der Waals surface area contributed by atoms with E-state index in [4.69, 9.17) is 9.47 Å². The number of carbonyl (C=O) groups excluding carboxylic acids is 2. The zero-order valence-electron chi connectivity index (χ0n) is 16.6. The number of aryl methyl sites for hydroxylation is 1. The number of carbonyl (C=O) groups is 2. The molecule has 28 heavy (non-hydrogen) atoms. The summed E-state index contributed by atoms with van der Waals surface area (Å²) in [5.74, 6) is 1.18. The van der Waals surface area contributed by atoms with E-state index in [0.29, 0.717) is 49.7 Å². The minimum Gasteiger partial charge on any atom is -0.497 e. The van der Waals surface area contributed by atoms with E-state index >= 15 is 0 Å². The first kappa shape index (κ1) is 19.7. The summed E-state index contributed by atoms with van der Waals surface area (Å²) in [6.45, 7) is 4.12. The predicted octanol–water partition coefficient (Wildman–Crippen LogP) is 2.54. The van der Waals surface area contributed by atoms with Gasteiger partial charge in [-0.2, -0.15) is 0 Å². The smallest absolute Gasteiger partial charge is 0.254 e. The molecule has 0 bridgehead atoms. The molecule has 0 radical (unpaired) electrons. The number of ether oxygens (including phenoxy) is 2. The third-order valence-corrected chi connectivity index (χ3v) is 5.12. The molecule has 1 heterocycles. The number of hydrogen-bond acceptors (Lipinski definition) is 4. The Morgan fingerprint density at radius 3 is 2.04 bits per heavy atom. The highest BCUT2D eigenvalue weighted by atomic mass is 16.5. The molecule has 0 N–H and O–H groups in total. The van der Waals surface area contributed by atoms with E-state index in [1.807, 2.05) is 36.1 Å². The lowest BCUT2D eigenvalue weighted by Gasteiger charge is -2.35. The second-order valence-electron chi connectivity index (χ2n) is 6.88. The molecule has 1 aliphatic heterocycles. The standard InChI is InChI=1S/C22H26N2O4/c1-16-6-4-5-7-17(16)14-21(25)23-8-10-24(11-9-23)22(26)18-12-19(27-2)15-20(13-18)28-3/h4-7,12-13,15H,8-11,14H2,1-3H3. The molecule has 1 fully saturated rings. The van der Waals surface area contributed by atoms with Gasteiger partial charge in [0.25, 0.3) is 5.91 Å². The van der Waals surface area contributed by atoms with Crippen LogP contribution in [0.1, 0.15) is 21.5 Å². The molecule has 0 aliphatic carbocycles. The van der Waals surface area contributed by atoms with Crippen LogP contribution in [0.15, 0.2) is 42.5 Å². The van der Waals surface area contributed by atoms with Crippen LogP contribution in [0.3, 0.4) is 0 Å². The van der Waals surface area contributed by atoms with E-state index in [-0.39, 0.29) is 11.8 Å². The summed E-state index contributed by atoms with van der Waals surface area (Å²) in [4.78, 5) is 29.1. The fraction of sp³-hybridized carbons (Fsp3) is 0.364. The number of benzene rings is 2. The van der Waals surface area contributed by atoms with Gasteiger partial charge < -0.3 is 19.3 Å². The number of amides is 2. The Hall–Kier alpha value is -3.02. The highest BCUT2D eigenvalue weighted by Gasteiger charge is 2.25. The van der Waals surface area contributed by atoms with Crippen molar-refractivity contribution in [2.24, 2.45) is 0 Å². The van der Waals surface area contributed by atoms with Gasteiger partial charge in [-0.25, -0.2) is 0 Å². The van der Waals surface area contributed by atoms with Gasteiger partial charge in [-0.05, 0) is 30.2 Å². The van der Waals surface area contributed by atoms with Crippen molar-refractivity contribution in [2.75, 3.05) is 40.4 Å². The molecule has 0 atom stereocenters. The van der Waals surface area contributed by atoms with E-state index in [9.17, 15) is 9.59 Å². The van der Waals surface area contributed by atoms with Crippen LogP contribution in [0.25, 0.3) is 0 Å². The minimum absolute atomic E-state index is 0.0804. The van der Waals surface area contributed by atoms with Crippen molar-refractivity contribution in [1.82, 2.24) is 9.80 Å². The molecule has 0 unspecified atom stereocenters. The van der Waals surface area contributed by atoms with E-state index in [2.05, 4.69) is 0 Å². The van der Waals surface area contributed by atoms with Crippen molar-refractivity contribution < 1.29 is 19.1 Å². The molecule has 2 aromatic rings. The average Bonchev–Trinajstić information content (AvgIpc) is 2.74. The van der Waals surface area contributed by atoms with Crippen LogP contribution < -0.4 is 9.47 Å². The van der Waals surface area contributed by atoms with Crippen LogP contribution in [0, 0.1) is 6.92 Å². The maximum atomic E-state index is 12.9. The number of methoxy groups -OCH3 is 2. The fourth-order valence-electron chi connectivity index (χ4n) is 3.36. The van der Waals surface area contributed by atoms with Crippen LogP contribution in [0.5, 0.6) is 11.5 Å². The zero-order chi connectivity index (χ0) is 20.1. The monoisotopic (exact) mass is 382 g/mol.